The molecular formula is C14H19FO2. The van der Waals surface area contributed by atoms with Crippen LogP contribution in [0.2, 0.25) is 0 Å². The van der Waals surface area contributed by atoms with E-state index in [0.29, 0.717) is 5.92 Å². The van der Waals surface area contributed by atoms with Gasteiger partial charge in [-0.15, -0.1) is 0 Å². The van der Waals surface area contributed by atoms with Crippen molar-refractivity contribution in [2.75, 3.05) is 0 Å². The average molecular weight is 238 g/mol. The Morgan fingerprint density at radius 1 is 1.53 bits per heavy atom. The smallest absolute Gasteiger partial charge is 0.303 e. The van der Waals surface area contributed by atoms with Gasteiger partial charge in [0.25, 0.3) is 0 Å². The van der Waals surface area contributed by atoms with Crippen molar-refractivity contribution in [1.82, 2.24) is 0 Å². The van der Waals surface area contributed by atoms with Crippen LogP contribution in [0.1, 0.15) is 33.1 Å². The Kier molecular flexibility index (Phi) is 3.36. The molecule has 3 heteroatoms. The van der Waals surface area contributed by atoms with Gasteiger partial charge in [-0.25, -0.2) is 4.39 Å². The molecule has 17 heavy (non-hydrogen) atoms. The van der Waals surface area contributed by atoms with E-state index < -0.39 is 5.97 Å². The van der Waals surface area contributed by atoms with Crippen LogP contribution < -0.4 is 0 Å². The third-order valence-electron chi connectivity index (χ3n) is 3.76. The molecule has 0 spiro atoms. The molecule has 2 aliphatic rings. The fraction of sp³-hybridized carbons (Fsp3) is 0.643. The van der Waals surface area contributed by atoms with Crippen molar-refractivity contribution in [3.05, 3.63) is 23.6 Å². The molecule has 0 aliphatic heterocycles. The number of hydrogen-bond acceptors (Lipinski definition) is 1. The lowest BCUT2D eigenvalue weighted by atomic mass is 9.73. The number of hydrogen-bond donors (Lipinski definition) is 1. The first kappa shape index (κ1) is 12.3. The van der Waals surface area contributed by atoms with Crippen LogP contribution in [0.4, 0.5) is 4.39 Å². The lowest BCUT2D eigenvalue weighted by Gasteiger charge is -2.32. The number of allylic oxidation sites excluding steroid dienone is 4. The van der Waals surface area contributed by atoms with Gasteiger partial charge in [-0.1, -0.05) is 19.4 Å². The summed E-state index contributed by atoms with van der Waals surface area (Å²) >= 11 is 0. The predicted octanol–water partition coefficient (Wildman–Crippen LogP) is 3.55. The Morgan fingerprint density at radius 3 is 2.65 bits per heavy atom. The summed E-state index contributed by atoms with van der Waals surface area (Å²) in [7, 11) is 0. The quantitative estimate of drug-likeness (QED) is 0.813. The molecule has 2 nitrogen and oxygen atoms in total. The summed E-state index contributed by atoms with van der Waals surface area (Å²) in [4.78, 5) is 11.0. The van der Waals surface area contributed by atoms with Crippen molar-refractivity contribution in [1.29, 1.82) is 0 Å². The minimum absolute atomic E-state index is 0.0144. The van der Waals surface area contributed by atoms with Gasteiger partial charge >= 0.3 is 5.97 Å². The zero-order valence-corrected chi connectivity index (χ0v) is 10.3. The lowest BCUT2D eigenvalue weighted by molar-refractivity contribution is -0.138. The molecule has 0 aromatic heterocycles. The second kappa shape index (κ2) is 4.63. The maximum absolute atomic E-state index is 13.6. The van der Waals surface area contributed by atoms with Gasteiger partial charge in [-0.3, -0.25) is 4.79 Å². The van der Waals surface area contributed by atoms with Crippen LogP contribution in [0.25, 0.3) is 0 Å². The zero-order valence-electron chi connectivity index (χ0n) is 10.3. The topological polar surface area (TPSA) is 37.3 Å². The third-order valence-corrected chi connectivity index (χ3v) is 3.76. The number of halogens is 1. The molecule has 0 saturated heterocycles. The SMILES string of the molecule is CC(C)C1C=C(F)C=C(C2CC2)C1CC(=O)O. The van der Waals surface area contributed by atoms with Crippen LogP contribution in [-0.4, -0.2) is 11.1 Å². The molecule has 94 valence electrons. The third kappa shape index (κ3) is 2.76. The summed E-state index contributed by atoms with van der Waals surface area (Å²) in [6, 6.07) is 0. The summed E-state index contributed by atoms with van der Waals surface area (Å²) in [5.74, 6) is -0.269. The van der Waals surface area contributed by atoms with Crippen LogP contribution in [0.15, 0.2) is 23.6 Å². The number of rotatable bonds is 4. The summed E-state index contributed by atoms with van der Waals surface area (Å²) in [6.45, 7) is 4.05. The number of carboxylic acid groups (broad SMARTS) is 1. The predicted molar refractivity (Wildman–Crippen MR) is 64.1 cm³/mol. The van der Waals surface area contributed by atoms with E-state index in [-0.39, 0.29) is 30.0 Å². The summed E-state index contributed by atoms with van der Waals surface area (Å²) in [5, 5.41) is 9.01. The highest BCUT2D eigenvalue weighted by molar-refractivity contribution is 5.68. The van der Waals surface area contributed by atoms with Gasteiger partial charge in [0.1, 0.15) is 5.83 Å². The zero-order chi connectivity index (χ0) is 12.6. The fourth-order valence-corrected chi connectivity index (χ4v) is 2.77. The van der Waals surface area contributed by atoms with Gasteiger partial charge in [0.2, 0.25) is 0 Å². The van der Waals surface area contributed by atoms with Crippen molar-refractivity contribution in [3.63, 3.8) is 0 Å². The van der Waals surface area contributed by atoms with E-state index in [4.69, 9.17) is 5.11 Å². The van der Waals surface area contributed by atoms with E-state index >= 15 is 0 Å². The number of carbonyl (C=O) groups is 1. The van der Waals surface area contributed by atoms with Crippen LogP contribution in [0.3, 0.4) is 0 Å². The summed E-state index contributed by atoms with van der Waals surface area (Å²) in [5.41, 5.74) is 1.03. The first-order valence-electron chi connectivity index (χ1n) is 6.29. The second-order valence-corrected chi connectivity index (χ2v) is 5.50. The van der Waals surface area contributed by atoms with Gasteiger partial charge in [0, 0.05) is 0 Å². The fourth-order valence-electron chi connectivity index (χ4n) is 2.77. The highest BCUT2D eigenvalue weighted by Crippen LogP contribution is 2.47. The average Bonchev–Trinajstić information content (AvgIpc) is 3.02. The van der Waals surface area contributed by atoms with Gasteiger partial charge < -0.3 is 5.11 Å². The molecule has 2 unspecified atom stereocenters. The Labute approximate surface area is 101 Å². The summed E-state index contributed by atoms with van der Waals surface area (Å²) in [6.07, 6.45) is 5.46. The minimum Gasteiger partial charge on any atom is -0.481 e. The number of carboxylic acids is 1. The molecule has 0 heterocycles. The largest absolute Gasteiger partial charge is 0.481 e. The molecule has 0 aromatic rings. The highest BCUT2D eigenvalue weighted by atomic mass is 19.1. The van der Waals surface area contributed by atoms with E-state index in [1.807, 2.05) is 13.8 Å². The molecule has 0 bridgehead atoms. The molecule has 2 rings (SSSR count). The van der Waals surface area contributed by atoms with E-state index in [2.05, 4.69) is 0 Å². The highest BCUT2D eigenvalue weighted by Gasteiger charge is 2.38. The van der Waals surface area contributed by atoms with Crippen molar-refractivity contribution in [2.45, 2.75) is 33.1 Å². The molecule has 2 aliphatic carbocycles. The maximum Gasteiger partial charge on any atom is 0.303 e. The second-order valence-electron chi connectivity index (χ2n) is 5.50. The van der Waals surface area contributed by atoms with Crippen molar-refractivity contribution < 1.29 is 14.3 Å². The Balaban J connectivity index is 2.26. The first-order valence-corrected chi connectivity index (χ1v) is 6.29. The van der Waals surface area contributed by atoms with Gasteiger partial charge in [0.05, 0.1) is 6.42 Å². The Hall–Kier alpha value is -1.12. The van der Waals surface area contributed by atoms with E-state index in [0.717, 1.165) is 18.4 Å². The molecule has 0 amide bonds. The first-order chi connectivity index (χ1) is 7.99. The summed E-state index contributed by atoms with van der Waals surface area (Å²) < 4.78 is 13.6. The van der Waals surface area contributed by atoms with Gasteiger partial charge in [-0.05, 0) is 48.7 Å². The van der Waals surface area contributed by atoms with E-state index in [1.165, 1.54) is 0 Å². The van der Waals surface area contributed by atoms with Gasteiger partial charge in [0.15, 0.2) is 0 Å². The maximum atomic E-state index is 13.6. The molecule has 1 N–H and O–H groups in total. The van der Waals surface area contributed by atoms with E-state index in [1.54, 1.807) is 12.2 Å². The van der Waals surface area contributed by atoms with Crippen LogP contribution >= 0.6 is 0 Å². The van der Waals surface area contributed by atoms with Crippen molar-refractivity contribution in [3.8, 4) is 0 Å². The van der Waals surface area contributed by atoms with Crippen molar-refractivity contribution >= 4 is 5.97 Å². The van der Waals surface area contributed by atoms with Crippen molar-refractivity contribution in [2.24, 2.45) is 23.7 Å². The molecule has 1 saturated carbocycles. The van der Waals surface area contributed by atoms with Crippen LogP contribution in [-0.2, 0) is 4.79 Å². The van der Waals surface area contributed by atoms with Gasteiger partial charge in [-0.2, -0.15) is 0 Å². The molecule has 0 radical (unpaired) electrons. The molecular weight excluding hydrogens is 219 g/mol. The van der Waals surface area contributed by atoms with E-state index in [9.17, 15) is 9.18 Å². The molecule has 0 aromatic carbocycles. The minimum atomic E-state index is -0.789. The number of aliphatic carboxylic acids is 1. The lowest BCUT2D eigenvalue weighted by Crippen LogP contribution is -2.26. The standard InChI is InChI=1S/C14H19FO2/c1-8(2)11-5-10(15)6-12(9-3-4-9)13(11)7-14(16)17/h5-6,8-9,11,13H,3-4,7H2,1-2H3,(H,16,17). The monoisotopic (exact) mass is 238 g/mol. The Bertz CT molecular complexity index is 378. The molecule has 1 fully saturated rings. The molecule has 2 atom stereocenters. The normalized spacial score (nSPS) is 28.9. The van der Waals surface area contributed by atoms with Crippen LogP contribution in [0.5, 0.6) is 0 Å². The van der Waals surface area contributed by atoms with Crippen LogP contribution in [0, 0.1) is 23.7 Å². The Morgan fingerprint density at radius 2 is 2.18 bits per heavy atom.